The van der Waals surface area contributed by atoms with Gasteiger partial charge in [0.15, 0.2) is 5.69 Å². The predicted molar refractivity (Wildman–Crippen MR) is 121 cm³/mol. The third kappa shape index (κ3) is 5.09. The van der Waals surface area contributed by atoms with Crippen molar-refractivity contribution in [1.29, 1.82) is 0 Å². The summed E-state index contributed by atoms with van der Waals surface area (Å²) in [5, 5.41) is 7.51. The maximum absolute atomic E-state index is 12.9. The summed E-state index contributed by atoms with van der Waals surface area (Å²) in [5.74, 6) is 1.81. The van der Waals surface area contributed by atoms with Crippen LogP contribution in [0.15, 0.2) is 24.4 Å². The van der Waals surface area contributed by atoms with E-state index in [0.29, 0.717) is 42.3 Å². The van der Waals surface area contributed by atoms with Crippen LogP contribution in [0.3, 0.4) is 0 Å². The molecule has 7 heteroatoms. The van der Waals surface area contributed by atoms with Crippen molar-refractivity contribution in [2.45, 2.75) is 58.4 Å². The van der Waals surface area contributed by atoms with E-state index in [2.05, 4.69) is 24.3 Å². The van der Waals surface area contributed by atoms with Gasteiger partial charge in [-0.15, -0.1) is 0 Å². The molecule has 2 fully saturated rings. The number of amides is 2. The summed E-state index contributed by atoms with van der Waals surface area (Å²) in [5.41, 5.74) is 7.49. The summed E-state index contributed by atoms with van der Waals surface area (Å²) in [6, 6.07) is 5.33. The van der Waals surface area contributed by atoms with Gasteiger partial charge in [0.25, 0.3) is 11.8 Å². The van der Waals surface area contributed by atoms with Gasteiger partial charge < -0.3 is 16.0 Å². The number of rotatable bonds is 6. The zero-order chi connectivity index (χ0) is 22.0. The molecule has 4 atom stereocenters. The minimum absolute atomic E-state index is 0.0288. The van der Waals surface area contributed by atoms with Gasteiger partial charge in [-0.25, -0.2) is 4.52 Å². The summed E-state index contributed by atoms with van der Waals surface area (Å²) in [6.45, 7) is 6.44. The van der Waals surface area contributed by atoms with Crippen molar-refractivity contribution in [2.75, 3.05) is 19.6 Å². The molecule has 2 amide bonds. The van der Waals surface area contributed by atoms with Crippen molar-refractivity contribution in [3.63, 3.8) is 0 Å². The highest BCUT2D eigenvalue weighted by Gasteiger charge is 2.27. The Hall–Kier alpha value is -2.41. The van der Waals surface area contributed by atoms with Gasteiger partial charge in [0, 0.05) is 31.9 Å². The van der Waals surface area contributed by atoms with Gasteiger partial charge in [0.05, 0.1) is 11.1 Å². The Balaban J connectivity index is 1.39. The first-order valence-corrected chi connectivity index (χ1v) is 11.7. The average molecular weight is 426 g/mol. The Bertz CT molecular complexity index is 939. The Morgan fingerprint density at radius 3 is 2.90 bits per heavy atom. The van der Waals surface area contributed by atoms with Crippen molar-refractivity contribution >= 4 is 17.3 Å². The largest absolute Gasteiger partial charge is 0.352 e. The second-order valence-corrected chi connectivity index (χ2v) is 9.77. The van der Waals surface area contributed by atoms with E-state index in [1.807, 2.05) is 0 Å². The minimum Gasteiger partial charge on any atom is -0.352 e. The molecule has 3 unspecified atom stereocenters. The van der Waals surface area contributed by atoms with Crippen LogP contribution in [0.1, 0.15) is 73.2 Å². The second-order valence-electron chi connectivity index (χ2n) is 9.77. The molecule has 4 rings (SSSR count). The van der Waals surface area contributed by atoms with Gasteiger partial charge >= 0.3 is 0 Å². The van der Waals surface area contributed by atoms with Crippen LogP contribution in [0, 0.1) is 17.8 Å². The van der Waals surface area contributed by atoms with E-state index in [4.69, 9.17) is 5.73 Å². The van der Waals surface area contributed by atoms with E-state index in [0.717, 1.165) is 24.7 Å². The summed E-state index contributed by atoms with van der Waals surface area (Å²) in [4.78, 5) is 27.4. The van der Waals surface area contributed by atoms with Crippen LogP contribution in [-0.4, -0.2) is 52.0 Å². The van der Waals surface area contributed by atoms with E-state index >= 15 is 0 Å². The van der Waals surface area contributed by atoms with Crippen molar-refractivity contribution in [1.82, 2.24) is 19.8 Å². The van der Waals surface area contributed by atoms with Crippen molar-refractivity contribution < 1.29 is 9.59 Å². The molecule has 0 radical (unpaired) electrons. The van der Waals surface area contributed by atoms with Crippen LogP contribution in [0.25, 0.3) is 5.52 Å². The molecule has 0 bridgehead atoms. The number of carbonyl (C=O) groups excluding carboxylic acids is 2. The second kappa shape index (κ2) is 9.39. The smallest absolute Gasteiger partial charge is 0.274 e. The van der Waals surface area contributed by atoms with Crippen LogP contribution in [0.5, 0.6) is 0 Å². The van der Waals surface area contributed by atoms with Crippen molar-refractivity contribution in [3.05, 3.63) is 35.7 Å². The molecule has 31 heavy (non-hydrogen) atoms. The highest BCUT2D eigenvalue weighted by molar-refractivity contribution is 6.02. The molecule has 1 saturated heterocycles. The molecule has 1 aliphatic carbocycles. The number of fused-ring (bicyclic) bond motifs is 1. The lowest BCUT2D eigenvalue weighted by molar-refractivity contribution is 0.0784. The number of pyridine rings is 1. The number of carbonyl (C=O) groups is 2. The fourth-order valence-corrected chi connectivity index (χ4v) is 5.23. The molecule has 3 heterocycles. The lowest BCUT2D eigenvalue weighted by Crippen LogP contribution is -2.32. The first kappa shape index (κ1) is 21.8. The van der Waals surface area contributed by atoms with Crippen LogP contribution in [0.2, 0.25) is 0 Å². The van der Waals surface area contributed by atoms with Crippen molar-refractivity contribution in [2.24, 2.45) is 23.5 Å². The van der Waals surface area contributed by atoms with E-state index in [1.54, 1.807) is 33.8 Å². The van der Waals surface area contributed by atoms with E-state index in [9.17, 15) is 9.59 Å². The third-order valence-corrected chi connectivity index (χ3v) is 6.87. The summed E-state index contributed by atoms with van der Waals surface area (Å²) in [6.07, 6.45) is 9.06. The van der Waals surface area contributed by atoms with Crippen LogP contribution < -0.4 is 11.1 Å². The van der Waals surface area contributed by atoms with Gasteiger partial charge in [0.1, 0.15) is 0 Å². The molecule has 0 spiro atoms. The summed E-state index contributed by atoms with van der Waals surface area (Å²) >= 11 is 0. The Kier molecular flexibility index (Phi) is 6.60. The molecule has 0 aromatic carbocycles. The van der Waals surface area contributed by atoms with Crippen LogP contribution in [-0.2, 0) is 0 Å². The molecular weight excluding hydrogens is 390 g/mol. The van der Waals surface area contributed by atoms with Gasteiger partial charge in [-0.05, 0) is 55.2 Å². The third-order valence-electron chi connectivity index (χ3n) is 6.87. The van der Waals surface area contributed by atoms with E-state index in [1.165, 1.54) is 25.7 Å². The van der Waals surface area contributed by atoms with Gasteiger partial charge in [0.2, 0.25) is 0 Å². The molecular formula is C24H35N5O2. The summed E-state index contributed by atoms with van der Waals surface area (Å²) in [7, 11) is 0. The molecule has 1 aliphatic heterocycles. The maximum atomic E-state index is 12.9. The lowest BCUT2D eigenvalue weighted by atomic mass is 9.78. The normalized spacial score (nSPS) is 25.0. The summed E-state index contributed by atoms with van der Waals surface area (Å²) < 4.78 is 1.62. The van der Waals surface area contributed by atoms with Crippen LogP contribution >= 0.6 is 0 Å². The van der Waals surface area contributed by atoms with Crippen LogP contribution in [0.4, 0.5) is 0 Å². The Morgan fingerprint density at radius 1 is 1.32 bits per heavy atom. The molecule has 1 saturated carbocycles. The average Bonchev–Trinajstić information content (AvgIpc) is 3.37. The Morgan fingerprint density at radius 2 is 2.16 bits per heavy atom. The van der Waals surface area contributed by atoms with E-state index < -0.39 is 0 Å². The molecule has 168 valence electrons. The number of hydrogen-bond donors (Lipinski definition) is 2. The number of nitrogens with zero attached hydrogens (tertiary/aromatic N) is 3. The molecule has 3 N–H and O–H groups in total. The number of hydrogen-bond acceptors (Lipinski definition) is 4. The van der Waals surface area contributed by atoms with Gasteiger partial charge in [-0.1, -0.05) is 33.1 Å². The maximum Gasteiger partial charge on any atom is 0.274 e. The topological polar surface area (TPSA) is 92.7 Å². The standard InChI is InChI=1S/C24H35N5O2/c1-16-5-3-6-18(11-16)12-17(2)14-26-23(30)20-7-4-9-29-22(20)13-21(27-29)24(31)28-10-8-19(25)15-28/h4,7,9,13,16-19H,3,5-6,8,10-12,14-15,25H2,1-2H3,(H,26,30)/t16?,17?,18?,19-/m1/s1. The molecule has 2 aromatic rings. The number of aromatic nitrogens is 2. The van der Waals surface area contributed by atoms with E-state index in [-0.39, 0.29) is 17.9 Å². The highest BCUT2D eigenvalue weighted by Crippen LogP contribution is 2.32. The minimum atomic E-state index is -0.127. The lowest BCUT2D eigenvalue weighted by Gasteiger charge is -2.28. The van der Waals surface area contributed by atoms with Crippen molar-refractivity contribution in [3.8, 4) is 0 Å². The highest BCUT2D eigenvalue weighted by atomic mass is 16.2. The fraction of sp³-hybridized carbons (Fsp3) is 0.625. The predicted octanol–water partition coefficient (Wildman–Crippen LogP) is 3.09. The molecule has 7 nitrogen and oxygen atoms in total. The Labute approximate surface area is 184 Å². The zero-order valence-electron chi connectivity index (χ0n) is 18.7. The van der Waals surface area contributed by atoms with Gasteiger partial charge in [-0.2, -0.15) is 5.10 Å². The SMILES string of the molecule is CC1CCCC(CC(C)CNC(=O)c2cccn3nc(C(=O)N4CC[C@@H](N)C4)cc23)C1. The van der Waals surface area contributed by atoms with Gasteiger partial charge in [-0.3, -0.25) is 9.59 Å². The number of nitrogens with two attached hydrogens (primary N) is 1. The molecule has 2 aromatic heterocycles. The fourth-order valence-electron chi connectivity index (χ4n) is 5.23. The monoisotopic (exact) mass is 425 g/mol. The molecule has 2 aliphatic rings. The first-order valence-electron chi connectivity index (χ1n) is 11.7. The number of nitrogens with one attached hydrogen (secondary N) is 1. The zero-order valence-corrected chi connectivity index (χ0v) is 18.7. The first-order chi connectivity index (χ1) is 14.9. The quantitative estimate of drug-likeness (QED) is 0.744. The number of likely N-dealkylation sites (tertiary alicyclic amines) is 1.